The molecule has 0 aliphatic rings. The van der Waals surface area contributed by atoms with Gasteiger partial charge in [0.15, 0.2) is 6.61 Å². The average molecular weight is 380 g/mol. The normalized spacial score (nSPS) is 11.8. The third kappa shape index (κ3) is 5.41. The highest BCUT2D eigenvalue weighted by molar-refractivity contribution is 7.18. The van der Waals surface area contributed by atoms with E-state index in [0.29, 0.717) is 14.8 Å². The molecule has 0 radical (unpaired) electrons. The summed E-state index contributed by atoms with van der Waals surface area (Å²) in [7, 11) is 0. The second-order valence-corrected chi connectivity index (χ2v) is 7.41. The minimum absolute atomic E-state index is 0.188. The lowest BCUT2D eigenvalue weighted by Gasteiger charge is -2.20. The van der Waals surface area contributed by atoms with Crippen LogP contribution in [-0.4, -0.2) is 30.3 Å². The Labute approximate surface area is 154 Å². The molecule has 25 heavy (non-hydrogen) atoms. The molecule has 0 bridgehead atoms. The van der Waals surface area contributed by atoms with Crippen LogP contribution in [0.1, 0.15) is 33.9 Å². The third-order valence-electron chi connectivity index (χ3n) is 3.44. The number of benzene rings is 1. The largest absolute Gasteiger partial charge is 0.456 e. The van der Waals surface area contributed by atoms with E-state index in [1.54, 1.807) is 56.3 Å². The summed E-state index contributed by atoms with van der Waals surface area (Å²) in [5, 5.41) is 2.66. The molecule has 1 atom stereocenters. The molecule has 7 heteroatoms. The number of nitrogens with one attached hydrogen (secondary N) is 1. The molecule has 132 valence electrons. The Kier molecular flexibility index (Phi) is 6.73. The molecule has 1 amide bonds. The Balaban J connectivity index is 1.96. The molecule has 5 nitrogen and oxygen atoms in total. The number of esters is 1. The van der Waals surface area contributed by atoms with Crippen LogP contribution in [0.5, 0.6) is 0 Å². The van der Waals surface area contributed by atoms with Gasteiger partial charge in [0.2, 0.25) is 5.78 Å². The molecule has 2 rings (SSSR count). The lowest BCUT2D eigenvalue weighted by atomic mass is 10.0. The highest BCUT2D eigenvalue weighted by Gasteiger charge is 2.27. The Bertz CT molecular complexity index is 757. The van der Waals surface area contributed by atoms with Crippen LogP contribution in [0.2, 0.25) is 4.34 Å². The van der Waals surface area contributed by atoms with Crippen molar-refractivity contribution >= 4 is 40.6 Å². The maximum atomic E-state index is 12.3. The van der Waals surface area contributed by atoms with Gasteiger partial charge in [-0.3, -0.25) is 9.59 Å². The molecule has 2 aromatic rings. The van der Waals surface area contributed by atoms with E-state index in [1.807, 2.05) is 0 Å². The number of amides is 1. The zero-order valence-corrected chi connectivity index (χ0v) is 15.4. The number of Topliss-reactive ketones (excluding diaryl/α,β-unsaturated/α-hetero) is 1. The van der Waals surface area contributed by atoms with Gasteiger partial charge in [-0.25, -0.2) is 4.79 Å². The highest BCUT2D eigenvalue weighted by Crippen LogP contribution is 2.21. The summed E-state index contributed by atoms with van der Waals surface area (Å²) < 4.78 is 5.58. The number of ketones is 1. The zero-order valence-electron chi connectivity index (χ0n) is 13.8. The maximum absolute atomic E-state index is 12.3. The Morgan fingerprint density at radius 2 is 1.80 bits per heavy atom. The smallest absolute Gasteiger partial charge is 0.329 e. The van der Waals surface area contributed by atoms with E-state index in [-0.39, 0.29) is 24.2 Å². The molecule has 1 N–H and O–H groups in total. The van der Waals surface area contributed by atoms with Crippen LogP contribution in [0.4, 0.5) is 0 Å². The van der Waals surface area contributed by atoms with Gasteiger partial charge in [0.1, 0.15) is 6.04 Å². The van der Waals surface area contributed by atoms with Crippen LogP contribution < -0.4 is 5.32 Å². The van der Waals surface area contributed by atoms with Gasteiger partial charge >= 0.3 is 5.97 Å². The van der Waals surface area contributed by atoms with Crippen molar-refractivity contribution in [2.45, 2.75) is 19.9 Å². The van der Waals surface area contributed by atoms with Gasteiger partial charge in [0.25, 0.3) is 5.91 Å². The van der Waals surface area contributed by atoms with Gasteiger partial charge in [-0.05, 0) is 30.2 Å². The summed E-state index contributed by atoms with van der Waals surface area (Å²) >= 11 is 6.91. The highest BCUT2D eigenvalue weighted by atomic mass is 35.5. The fraction of sp³-hybridized carbons (Fsp3) is 0.278. The molecule has 0 saturated carbocycles. The monoisotopic (exact) mass is 379 g/mol. The van der Waals surface area contributed by atoms with Crippen LogP contribution in [0.3, 0.4) is 0 Å². The van der Waals surface area contributed by atoms with Gasteiger partial charge in [-0.1, -0.05) is 43.6 Å². The Hall–Kier alpha value is -2.18. The van der Waals surface area contributed by atoms with Crippen LogP contribution in [0, 0.1) is 5.92 Å². The lowest BCUT2D eigenvalue weighted by molar-refractivity contribution is -0.145. The van der Waals surface area contributed by atoms with Crippen molar-refractivity contribution in [1.82, 2.24) is 5.32 Å². The van der Waals surface area contributed by atoms with Crippen LogP contribution in [-0.2, 0) is 9.53 Å². The minimum Gasteiger partial charge on any atom is -0.456 e. The molecule has 1 aromatic carbocycles. The van der Waals surface area contributed by atoms with Crippen LogP contribution in [0.15, 0.2) is 42.5 Å². The van der Waals surface area contributed by atoms with E-state index in [9.17, 15) is 14.4 Å². The quantitative estimate of drug-likeness (QED) is 0.589. The summed E-state index contributed by atoms with van der Waals surface area (Å²) in [5.74, 6) is -1.53. The SMILES string of the molecule is CC(C)[C@H](NC(=O)c1ccccc1)C(=O)OCC(=O)c1ccc(Cl)s1. The number of carbonyl (C=O) groups excluding carboxylic acids is 3. The van der Waals surface area contributed by atoms with Gasteiger partial charge in [0, 0.05) is 5.56 Å². The molecule has 0 fully saturated rings. The predicted molar refractivity (Wildman–Crippen MR) is 97.2 cm³/mol. The summed E-state index contributed by atoms with van der Waals surface area (Å²) in [6, 6.07) is 10.9. The average Bonchev–Trinajstić information content (AvgIpc) is 3.04. The minimum atomic E-state index is -0.840. The number of hydrogen-bond donors (Lipinski definition) is 1. The van der Waals surface area contributed by atoms with E-state index in [4.69, 9.17) is 16.3 Å². The molecule has 0 aliphatic heterocycles. The topological polar surface area (TPSA) is 72.5 Å². The fourth-order valence-electron chi connectivity index (χ4n) is 2.07. The van der Waals surface area contributed by atoms with Gasteiger partial charge in [0.05, 0.1) is 9.21 Å². The van der Waals surface area contributed by atoms with Crippen molar-refractivity contribution in [2.75, 3.05) is 6.61 Å². The van der Waals surface area contributed by atoms with Crippen molar-refractivity contribution in [3.05, 3.63) is 57.2 Å². The summed E-state index contributed by atoms with van der Waals surface area (Å²) in [4.78, 5) is 36.9. The Morgan fingerprint density at radius 1 is 1.12 bits per heavy atom. The van der Waals surface area contributed by atoms with E-state index in [1.165, 1.54) is 0 Å². The molecule has 0 unspecified atom stereocenters. The lowest BCUT2D eigenvalue weighted by Crippen LogP contribution is -2.45. The second kappa shape index (κ2) is 8.78. The van der Waals surface area contributed by atoms with Crippen molar-refractivity contribution in [3.63, 3.8) is 0 Å². The predicted octanol–water partition coefficient (Wildman–Crippen LogP) is 3.58. The van der Waals surface area contributed by atoms with Crippen molar-refractivity contribution in [3.8, 4) is 0 Å². The molecule has 1 aromatic heterocycles. The summed E-state index contributed by atoms with van der Waals surface area (Å²) in [6.07, 6.45) is 0. The van der Waals surface area contributed by atoms with E-state index in [2.05, 4.69) is 5.32 Å². The van der Waals surface area contributed by atoms with Gasteiger partial charge in [-0.2, -0.15) is 0 Å². The molecular formula is C18H18ClNO4S. The fourth-order valence-corrected chi connectivity index (χ4v) is 3.04. The molecular weight excluding hydrogens is 362 g/mol. The first kappa shape index (κ1) is 19.1. The first-order chi connectivity index (χ1) is 11.9. The van der Waals surface area contributed by atoms with Crippen molar-refractivity contribution in [1.29, 1.82) is 0 Å². The number of carbonyl (C=O) groups is 3. The van der Waals surface area contributed by atoms with Crippen LogP contribution >= 0.6 is 22.9 Å². The van der Waals surface area contributed by atoms with Gasteiger partial charge < -0.3 is 10.1 Å². The molecule has 0 saturated heterocycles. The number of rotatable bonds is 7. The summed E-state index contributed by atoms with van der Waals surface area (Å²) in [5.41, 5.74) is 0.449. The number of thiophene rings is 1. The van der Waals surface area contributed by atoms with Crippen molar-refractivity contribution < 1.29 is 19.1 Å². The first-order valence-corrected chi connectivity index (χ1v) is 8.89. The molecule has 1 heterocycles. The van der Waals surface area contributed by atoms with Gasteiger partial charge in [-0.15, -0.1) is 11.3 Å². The second-order valence-electron chi connectivity index (χ2n) is 5.70. The van der Waals surface area contributed by atoms with Crippen molar-refractivity contribution in [2.24, 2.45) is 5.92 Å². The first-order valence-electron chi connectivity index (χ1n) is 7.69. The van der Waals surface area contributed by atoms with Crippen LogP contribution in [0.25, 0.3) is 0 Å². The maximum Gasteiger partial charge on any atom is 0.329 e. The number of hydrogen-bond acceptors (Lipinski definition) is 5. The third-order valence-corrected chi connectivity index (χ3v) is 4.71. The van der Waals surface area contributed by atoms with E-state index < -0.39 is 12.0 Å². The number of halogens is 1. The van der Waals surface area contributed by atoms with E-state index >= 15 is 0 Å². The Morgan fingerprint density at radius 3 is 2.36 bits per heavy atom. The summed E-state index contributed by atoms with van der Waals surface area (Å²) in [6.45, 7) is 3.19. The standard InChI is InChI=1S/C18H18ClNO4S/c1-11(2)16(20-17(22)12-6-4-3-5-7-12)18(23)24-10-13(21)14-8-9-15(19)25-14/h3-9,11,16H,10H2,1-2H3,(H,20,22)/t16-/m0/s1. The van der Waals surface area contributed by atoms with E-state index in [0.717, 1.165) is 11.3 Å². The number of ether oxygens (including phenoxy) is 1. The zero-order chi connectivity index (χ0) is 18.4. The molecule has 0 aliphatic carbocycles. The molecule has 0 spiro atoms.